The van der Waals surface area contributed by atoms with Gasteiger partial charge in [0.1, 0.15) is 5.75 Å². The standard InChI is InChI=1S/C16H16N2O4/c19-11-7-5-10(6-8-11)9-14(20)17-18-15(21)12-3-1-2-4-13(12)16(18)22/h1-2,5-8,12-13,19H,3-4,9H2,(H,17,20). The molecule has 3 amide bonds. The number of amides is 3. The summed E-state index contributed by atoms with van der Waals surface area (Å²) in [6.07, 6.45) is 4.91. The van der Waals surface area contributed by atoms with Gasteiger partial charge in [-0.05, 0) is 30.5 Å². The van der Waals surface area contributed by atoms with E-state index in [0.29, 0.717) is 18.4 Å². The van der Waals surface area contributed by atoms with E-state index in [2.05, 4.69) is 5.43 Å². The zero-order valence-corrected chi connectivity index (χ0v) is 11.9. The molecule has 0 radical (unpaired) electrons. The van der Waals surface area contributed by atoms with E-state index < -0.39 is 5.91 Å². The molecule has 0 bridgehead atoms. The average molecular weight is 300 g/mol. The lowest BCUT2D eigenvalue weighted by Crippen LogP contribution is -2.47. The van der Waals surface area contributed by atoms with E-state index in [-0.39, 0.29) is 35.8 Å². The van der Waals surface area contributed by atoms with Gasteiger partial charge in [0.15, 0.2) is 0 Å². The number of nitrogens with zero attached hydrogens (tertiary/aromatic N) is 1. The van der Waals surface area contributed by atoms with Crippen LogP contribution in [0.4, 0.5) is 0 Å². The Morgan fingerprint density at radius 1 is 1.09 bits per heavy atom. The van der Waals surface area contributed by atoms with E-state index >= 15 is 0 Å². The minimum atomic E-state index is -0.431. The van der Waals surface area contributed by atoms with Crippen molar-refractivity contribution in [1.29, 1.82) is 0 Å². The highest BCUT2D eigenvalue weighted by atomic mass is 16.3. The number of nitrogens with one attached hydrogen (secondary N) is 1. The van der Waals surface area contributed by atoms with Gasteiger partial charge in [0, 0.05) is 0 Å². The van der Waals surface area contributed by atoms with Crippen LogP contribution < -0.4 is 5.43 Å². The van der Waals surface area contributed by atoms with Gasteiger partial charge in [-0.1, -0.05) is 24.3 Å². The molecule has 2 N–H and O–H groups in total. The molecule has 1 aliphatic carbocycles. The molecular weight excluding hydrogens is 284 g/mol. The first-order valence-electron chi connectivity index (χ1n) is 7.16. The number of hydrazine groups is 1. The summed E-state index contributed by atoms with van der Waals surface area (Å²) in [5.74, 6) is -1.70. The fourth-order valence-corrected chi connectivity index (χ4v) is 2.87. The second kappa shape index (κ2) is 5.63. The largest absolute Gasteiger partial charge is 0.508 e. The number of phenolic OH excluding ortho intramolecular Hbond substituents is 1. The van der Waals surface area contributed by atoms with Crippen LogP contribution in [0.2, 0.25) is 0 Å². The van der Waals surface area contributed by atoms with Crippen LogP contribution >= 0.6 is 0 Å². The van der Waals surface area contributed by atoms with Crippen molar-refractivity contribution in [2.24, 2.45) is 11.8 Å². The van der Waals surface area contributed by atoms with Gasteiger partial charge >= 0.3 is 0 Å². The quantitative estimate of drug-likeness (QED) is 0.642. The van der Waals surface area contributed by atoms with Gasteiger partial charge < -0.3 is 5.11 Å². The molecule has 22 heavy (non-hydrogen) atoms. The van der Waals surface area contributed by atoms with Crippen molar-refractivity contribution >= 4 is 17.7 Å². The van der Waals surface area contributed by atoms with Crippen molar-refractivity contribution < 1.29 is 19.5 Å². The van der Waals surface area contributed by atoms with E-state index in [9.17, 15) is 19.5 Å². The van der Waals surface area contributed by atoms with Gasteiger partial charge in [0.25, 0.3) is 11.8 Å². The lowest BCUT2D eigenvalue weighted by atomic mass is 9.85. The third-order valence-electron chi connectivity index (χ3n) is 4.05. The highest BCUT2D eigenvalue weighted by Crippen LogP contribution is 2.34. The van der Waals surface area contributed by atoms with Gasteiger partial charge in [-0.25, -0.2) is 0 Å². The Morgan fingerprint density at radius 2 is 1.64 bits per heavy atom. The highest BCUT2D eigenvalue weighted by Gasteiger charge is 2.48. The molecule has 1 aliphatic heterocycles. The number of hydrogen-bond acceptors (Lipinski definition) is 4. The van der Waals surface area contributed by atoms with Crippen LogP contribution in [-0.4, -0.2) is 27.8 Å². The summed E-state index contributed by atoms with van der Waals surface area (Å²) < 4.78 is 0. The number of carbonyl (C=O) groups excluding carboxylic acids is 3. The Kier molecular flexibility index (Phi) is 3.66. The minimum absolute atomic E-state index is 0.0327. The van der Waals surface area contributed by atoms with E-state index in [1.54, 1.807) is 12.1 Å². The average Bonchev–Trinajstić information content (AvgIpc) is 2.75. The highest BCUT2D eigenvalue weighted by molar-refractivity contribution is 6.06. The number of benzene rings is 1. The van der Waals surface area contributed by atoms with Crippen molar-refractivity contribution in [2.75, 3.05) is 0 Å². The number of phenols is 1. The Hall–Kier alpha value is -2.63. The monoisotopic (exact) mass is 300 g/mol. The molecule has 3 rings (SSSR count). The fraction of sp³-hybridized carbons (Fsp3) is 0.312. The summed E-state index contributed by atoms with van der Waals surface area (Å²) >= 11 is 0. The molecular formula is C16H16N2O4. The zero-order chi connectivity index (χ0) is 15.7. The van der Waals surface area contributed by atoms with E-state index in [0.717, 1.165) is 5.01 Å². The molecule has 2 aliphatic rings. The third kappa shape index (κ3) is 2.59. The van der Waals surface area contributed by atoms with Crippen LogP contribution in [0.3, 0.4) is 0 Å². The predicted octanol–water partition coefficient (Wildman–Crippen LogP) is 0.917. The van der Waals surface area contributed by atoms with E-state index in [1.807, 2.05) is 12.2 Å². The molecule has 1 aromatic carbocycles. The molecule has 114 valence electrons. The van der Waals surface area contributed by atoms with E-state index in [1.165, 1.54) is 12.1 Å². The van der Waals surface area contributed by atoms with Gasteiger partial charge in [0.05, 0.1) is 18.3 Å². The minimum Gasteiger partial charge on any atom is -0.508 e. The molecule has 2 unspecified atom stereocenters. The zero-order valence-electron chi connectivity index (χ0n) is 11.9. The summed E-state index contributed by atoms with van der Waals surface area (Å²) in [5, 5.41) is 10.1. The summed E-state index contributed by atoms with van der Waals surface area (Å²) in [6, 6.07) is 6.20. The first kappa shape index (κ1) is 14.3. The van der Waals surface area contributed by atoms with Gasteiger partial charge in [-0.15, -0.1) is 0 Å². The molecule has 6 nitrogen and oxygen atoms in total. The van der Waals surface area contributed by atoms with Crippen molar-refractivity contribution in [3.05, 3.63) is 42.0 Å². The molecule has 1 aromatic rings. The number of allylic oxidation sites excluding steroid dienone is 2. The third-order valence-corrected chi connectivity index (χ3v) is 4.05. The molecule has 0 spiro atoms. The fourth-order valence-electron chi connectivity index (χ4n) is 2.87. The predicted molar refractivity (Wildman–Crippen MR) is 77.2 cm³/mol. The van der Waals surface area contributed by atoms with Crippen LogP contribution in [0, 0.1) is 11.8 Å². The Balaban J connectivity index is 1.65. The number of imide groups is 1. The van der Waals surface area contributed by atoms with Gasteiger partial charge in [-0.3, -0.25) is 19.8 Å². The van der Waals surface area contributed by atoms with Crippen molar-refractivity contribution in [2.45, 2.75) is 19.3 Å². The van der Waals surface area contributed by atoms with Crippen molar-refractivity contribution in [3.8, 4) is 5.75 Å². The maximum Gasteiger partial charge on any atom is 0.252 e. The van der Waals surface area contributed by atoms with Crippen LogP contribution in [0.25, 0.3) is 0 Å². The lowest BCUT2D eigenvalue weighted by molar-refractivity contribution is -0.148. The second-order valence-electron chi connectivity index (χ2n) is 5.55. The maximum atomic E-state index is 12.2. The van der Waals surface area contributed by atoms with E-state index in [4.69, 9.17) is 0 Å². The van der Waals surface area contributed by atoms with Crippen LogP contribution in [0.15, 0.2) is 36.4 Å². The summed E-state index contributed by atoms with van der Waals surface area (Å²) in [6.45, 7) is 0. The summed E-state index contributed by atoms with van der Waals surface area (Å²) in [4.78, 5) is 36.4. The topological polar surface area (TPSA) is 86.7 Å². The second-order valence-corrected chi connectivity index (χ2v) is 5.55. The number of rotatable bonds is 3. The molecule has 6 heteroatoms. The number of fused-ring (bicyclic) bond motifs is 1. The van der Waals surface area contributed by atoms with Crippen LogP contribution in [0.1, 0.15) is 18.4 Å². The molecule has 1 saturated heterocycles. The first-order chi connectivity index (χ1) is 10.6. The smallest absolute Gasteiger partial charge is 0.252 e. The maximum absolute atomic E-state index is 12.2. The molecule has 0 saturated carbocycles. The Morgan fingerprint density at radius 3 is 2.18 bits per heavy atom. The Labute approximate surface area is 127 Å². The van der Waals surface area contributed by atoms with Gasteiger partial charge in [-0.2, -0.15) is 5.01 Å². The molecule has 0 aromatic heterocycles. The molecule has 1 heterocycles. The number of aromatic hydroxyl groups is 1. The number of carbonyl (C=O) groups is 3. The van der Waals surface area contributed by atoms with Crippen molar-refractivity contribution in [3.63, 3.8) is 0 Å². The normalized spacial score (nSPS) is 23.5. The number of hydrogen-bond donors (Lipinski definition) is 2. The molecule has 2 atom stereocenters. The summed E-state index contributed by atoms with van der Waals surface area (Å²) in [7, 11) is 0. The van der Waals surface area contributed by atoms with Gasteiger partial charge in [0.2, 0.25) is 5.91 Å². The van der Waals surface area contributed by atoms with Crippen molar-refractivity contribution in [1.82, 2.24) is 10.4 Å². The molecule has 1 fully saturated rings. The first-order valence-corrected chi connectivity index (χ1v) is 7.16. The summed E-state index contributed by atoms with van der Waals surface area (Å²) in [5.41, 5.74) is 3.09. The Bertz CT molecular complexity index is 625. The van der Waals surface area contributed by atoms with Crippen LogP contribution in [0.5, 0.6) is 5.75 Å². The van der Waals surface area contributed by atoms with Crippen LogP contribution in [-0.2, 0) is 20.8 Å². The SMILES string of the molecule is O=C(Cc1ccc(O)cc1)NN1C(=O)C2CC=CCC2C1=O. The lowest BCUT2D eigenvalue weighted by Gasteiger charge is -2.15.